The number of carbonyl (C=O) groups is 2. The van der Waals surface area contributed by atoms with Crippen LogP contribution in [-0.4, -0.2) is 36.4 Å². The van der Waals surface area contributed by atoms with Gasteiger partial charge >= 0.3 is 12.0 Å². The minimum absolute atomic E-state index is 0.0205. The van der Waals surface area contributed by atoms with Crippen molar-refractivity contribution in [3.05, 3.63) is 23.8 Å². The predicted octanol–water partition coefficient (Wildman–Crippen LogP) is 3.49. The predicted molar refractivity (Wildman–Crippen MR) is 102 cm³/mol. The van der Waals surface area contributed by atoms with Crippen LogP contribution < -0.4 is 20.1 Å². The highest BCUT2D eigenvalue weighted by molar-refractivity contribution is 5.75. The molecule has 7 heteroatoms. The Morgan fingerprint density at radius 2 is 1.74 bits per heavy atom. The van der Waals surface area contributed by atoms with Gasteiger partial charge in [-0.3, -0.25) is 4.79 Å². The number of amides is 2. The number of hydrogen-bond donors (Lipinski definition) is 3. The Kier molecular flexibility index (Phi) is 7.76. The molecule has 27 heavy (non-hydrogen) atoms. The van der Waals surface area contributed by atoms with Crippen LogP contribution in [0.1, 0.15) is 58.1 Å². The normalized spacial score (nSPS) is 20.4. The van der Waals surface area contributed by atoms with Crippen molar-refractivity contribution >= 4 is 12.0 Å². The summed E-state index contributed by atoms with van der Waals surface area (Å²) in [6, 6.07) is 5.23. The van der Waals surface area contributed by atoms with Crippen LogP contribution in [0.2, 0.25) is 0 Å². The van der Waals surface area contributed by atoms with Crippen LogP contribution in [0.4, 0.5) is 4.79 Å². The first-order chi connectivity index (χ1) is 12.9. The summed E-state index contributed by atoms with van der Waals surface area (Å²) in [6.45, 7) is 6.83. The number of urea groups is 1. The van der Waals surface area contributed by atoms with Crippen LogP contribution in [0.5, 0.6) is 11.5 Å². The lowest BCUT2D eigenvalue weighted by Gasteiger charge is -2.27. The molecule has 2 rings (SSSR count). The van der Waals surface area contributed by atoms with Gasteiger partial charge in [0, 0.05) is 6.04 Å². The van der Waals surface area contributed by atoms with E-state index in [9.17, 15) is 9.59 Å². The SMILES string of the molecule is CCOc1ccc(C(C)NC(=O)NC2CCC(C(=O)O)CC2)cc1OCC. The molecule has 0 heterocycles. The van der Waals surface area contributed by atoms with Crippen LogP contribution in [0.25, 0.3) is 0 Å². The van der Waals surface area contributed by atoms with E-state index in [4.69, 9.17) is 14.6 Å². The molecule has 1 saturated carbocycles. The molecule has 1 aromatic rings. The van der Waals surface area contributed by atoms with Crippen molar-refractivity contribution < 1.29 is 24.2 Å². The average Bonchev–Trinajstić information content (AvgIpc) is 2.63. The summed E-state index contributed by atoms with van der Waals surface area (Å²) in [4.78, 5) is 23.3. The van der Waals surface area contributed by atoms with Gasteiger partial charge in [0.2, 0.25) is 0 Å². The summed E-state index contributed by atoms with van der Waals surface area (Å²) in [6.07, 6.45) is 2.59. The summed E-state index contributed by atoms with van der Waals surface area (Å²) in [5.74, 6) is 0.325. The Bertz CT molecular complexity index is 641. The largest absolute Gasteiger partial charge is 0.490 e. The highest BCUT2D eigenvalue weighted by atomic mass is 16.5. The summed E-state index contributed by atoms with van der Waals surface area (Å²) >= 11 is 0. The van der Waals surface area contributed by atoms with E-state index in [1.54, 1.807) is 0 Å². The van der Waals surface area contributed by atoms with E-state index in [-0.39, 0.29) is 24.0 Å². The molecule has 3 N–H and O–H groups in total. The van der Waals surface area contributed by atoms with Crippen molar-refractivity contribution in [2.45, 2.75) is 58.5 Å². The zero-order valence-corrected chi connectivity index (χ0v) is 16.3. The van der Waals surface area contributed by atoms with Crippen molar-refractivity contribution in [2.24, 2.45) is 5.92 Å². The third-order valence-electron chi connectivity index (χ3n) is 4.83. The molecule has 1 aliphatic rings. The molecular weight excluding hydrogens is 348 g/mol. The molecular formula is C20H30N2O5. The number of nitrogens with one attached hydrogen (secondary N) is 2. The number of benzene rings is 1. The quantitative estimate of drug-likeness (QED) is 0.643. The first kappa shape index (κ1) is 20.9. The Balaban J connectivity index is 1.90. The molecule has 0 bridgehead atoms. The minimum Gasteiger partial charge on any atom is -0.490 e. The maximum atomic E-state index is 12.3. The van der Waals surface area contributed by atoms with Gasteiger partial charge in [-0.2, -0.15) is 0 Å². The molecule has 0 saturated heterocycles. The van der Waals surface area contributed by atoms with Gasteiger partial charge in [-0.05, 0) is 64.2 Å². The second-order valence-electron chi connectivity index (χ2n) is 6.80. The number of aliphatic carboxylic acids is 1. The number of carboxylic acids is 1. The van der Waals surface area contributed by atoms with Crippen molar-refractivity contribution in [1.82, 2.24) is 10.6 Å². The zero-order valence-electron chi connectivity index (χ0n) is 16.3. The Morgan fingerprint density at radius 1 is 1.11 bits per heavy atom. The van der Waals surface area contributed by atoms with Gasteiger partial charge < -0.3 is 25.2 Å². The molecule has 0 spiro atoms. The van der Waals surface area contributed by atoms with Crippen LogP contribution in [0.15, 0.2) is 18.2 Å². The molecule has 1 atom stereocenters. The smallest absolute Gasteiger partial charge is 0.315 e. The fourth-order valence-corrected chi connectivity index (χ4v) is 3.33. The van der Waals surface area contributed by atoms with Crippen LogP contribution in [-0.2, 0) is 4.79 Å². The zero-order chi connectivity index (χ0) is 19.8. The molecule has 0 radical (unpaired) electrons. The molecule has 7 nitrogen and oxygen atoms in total. The Morgan fingerprint density at radius 3 is 2.33 bits per heavy atom. The summed E-state index contributed by atoms with van der Waals surface area (Å²) < 4.78 is 11.2. The number of hydrogen-bond acceptors (Lipinski definition) is 4. The highest BCUT2D eigenvalue weighted by Crippen LogP contribution is 2.31. The van der Waals surface area contributed by atoms with Crippen LogP contribution >= 0.6 is 0 Å². The number of ether oxygens (including phenoxy) is 2. The molecule has 0 aromatic heterocycles. The Hall–Kier alpha value is -2.44. The summed E-state index contributed by atoms with van der Waals surface area (Å²) in [5, 5.41) is 14.9. The van der Waals surface area contributed by atoms with Crippen LogP contribution in [0, 0.1) is 5.92 Å². The van der Waals surface area contributed by atoms with Gasteiger partial charge in [0.25, 0.3) is 0 Å². The van der Waals surface area contributed by atoms with Crippen molar-refractivity contribution in [3.63, 3.8) is 0 Å². The molecule has 150 valence electrons. The van der Waals surface area contributed by atoms with Gasteiger partial charge in [-0.25, -0.2) is 4.79 Å². The summed E-state index contributed by atoms with van der Waals surface area (Å²) in [7, 11) is 0. The van der Waals surface area contributed by atoms with E-state index in [0.717, 1.165) is 5.56 Å². The lowest BCUT2D eigenvalue weighted by Crippen LogP contribution is -2.44. The van der Waals surface area contributed by atoms with E-state index >= 15 is 0 Å². The van der Waals surface area contributed by atoms with Crippen molar-refractivity contribution in [2.75, 3.05) is 13.2 Å². The van der Waals surface area contributed by atoms with Gasteiger partial charge in [-0.1, -0.05) is 6.07 Å². The fraction of sp³-hybridized carbons (Fsp3) is 0.600. The van der Waals surface area contributed by atoms with E-state index in [1.807, 2.05) is 39.0 Å². The van der Waals surface area contributed by atoms with Crippen molar-refractivity contribution in [1.29, 1.82) is 0 Å². The third kappa shape index (κ3) is 6.05. The van der Waals surface area contributed by atoms with Gasteiger partial charge in [0.1, 0.15) is 0 Å². The lowest BCUT2D eigenvalue weighted by atomic mass is 9.86. The minimum atomic E-state index is -0.743. The molecule has 1 fully saturated rings. The van der Waals surface area contributed by atoms with Crippen LogP contribution in [0.3, 0.4) is 0 Å². The van der Waals surface area contributed by atoms with Gasteiger partial charge in [-0.15, -0.1) is 0 Å². The van der Waals surface area contributed by atoms with E-state index in [0.29, 0.717) is 50.4 Å². The molecule has 2 amide bonds. The van der Waals surface area contributed by atoms with E-state index in [1.165, 1.54) is 0 Å². The Labute approximate surface area is 160 Å². The first-order valence-corrected chi connectivity index (χ1v) is 9.63. The van der Waals surface area contributed by atoms with Gasteiger partial charge in [0.05, 0.1) is 25.2 Å². The molecule has 0 aliphatic heterocycles. The van der Waals surface area contributed by atoms with Gasteiger partial charge in [0.15, 0.2) is 11.5 Å². The van der Waals surface area contributed by atoms with E-state index in [2.05, 4.69) is 10.6 Å². The second-order valence-corrected chi connectivity index (χ2v) is 6.80. The number of rotatable bonds is 8. The standard InChI is InChI=1S/C20H30N2O5/c1-4-26-17-11-8-15(12-18(17)27-5-2)13(3)21-20(25)22-16-9-6-14(7-10-16)19(23)24/h8,11-14,16H,4-7,9-10H2,1-3H3,(H,23,24)(H2,21,22,25). The topological polar surface area (TPSA) is 96.9 Å². The lowest BCUT2D eigenvalue weighted by molar-refractivity contribution is -0.142. The highest BCUT2D eigenvalue weighted by Gasteiger charge is 2.27. The average molecular weight is 378 g/mol. The first-order valence-electron chi connectivity index (χ1n) is 9.63. The third-order valence-corrected chi connectivity index (χ3v) is 4.83. The molecule has 1 unspecified atom stereocenters. The number of carbonyl (C=O) groups excluding carboxylic acids is 1. The monoisotopic (exact) mass is 378 g/mol. The van der Waals surface area contributed by atoms with E-state index < -0.39 is 5.97 Å². The second kappa shape index (κ2) is 10.0. The molecule has 1 aliphatic carbocycles. The maximum Gasteiger partial charge on any atom is 0.315 e. The number of carboxylic acid groups (broad SMARTS) is 1. The summed E-state index contributed by atoms with van der Waals surface area (Å²) in [5.41, 5.74) is 0.923. The maximum absolute atomic E-state index is 12.3. The van der Waals surface area contributed by atoms with Crippen molar-refractivity contribution in [3.8, 4) is 11.5 Å². The fourth-order valence-electron chi connectivity index (χ4n) is 3.33. The molecule has 1 aromatic carbocycles.